The second-order valence-electron chi connectivity index (χ2n) is 2.48. The Morgan fingerprint density at radius 2 is 2.43 bits per heavy atom. The van der Waals surface area contributed by atoms with E-state index in [1.165, 1.54) is 17.7 Å². The maximum Gasteiger partial charge on any atom is 0.228 e. The van der Waals surface area contributed by atoms with Crippen molar-refractivity contribution in [2.45, 2.75) is 6.42 Å². The summed E-state index contributed by atoms with van der Waals surface area (Å²) in [5.74, 6) is 0.611. The molecular weight excluding hydrogens is 224 g/mol. The van der Waals surface area contributed by atoms with Crippen molar-refractivity contribution >= 4 is 28.1 Å². The van der Waals surface area contributed by atoms with Crippen LogP contribution in [-0.2, 0) is 6.42 Å². The van der Waals surface area contributed by atoms with E-state index in [0.717, 1.165) is 5.13 Å². The molecule has 5 nitrogen and oxygen atoms in total. The molecule has 2 rings (SSSR count). The van der Waals surface area contributed by atoms with Crippen LogP contribution in [0, 0.1) is 0 Å². The van der Waals surface area contributed by atoms with Crippen molar-refractivity contribution in [2.75, 3.05) is 11.9 Å². The third-order valence-electron chi connectivity index (χ3n) is 1.50. The summed E-state index contributed by atoms with van der Waals surface area (Å²) in [6.45, 7) is 0.700. The lowest BCUT2D eigenvalue weighted by Gasteiger charge is -1.97. The molecule has 0 fully saturated rings. The minimum atomic E-state index is 0.611. The lowest BCUT2D eigenvalue weighted by Crippen LogP contribution is -2.04. The van der Waals surface area contributed by atoms with E-state index in [2.05, 4.69) is 20.4 Å². The van der Waals surface area contributed by atoms with E-state index in [0.29, 0.717) is 23.2 Å². The van der Waals surface area contributed by atoms with Crippen LogP contribution >= 0.6 is 22.9 Å². The van der Waals surface area contributed by atoms with Crippen LogP contribution in [-0.4, -0.2) is 21.7 Å². The second kappa shape index (κ2) is 4.39. The molecule has 0 amide bonds. The molecule has 0 aliphatic rings. The maximum atomic E-state index is 5.71. The largest absolute Gasteiger partial charge is 0.361 e. The van der Waals surface area contributed by atoms with Gasteiger partial charge < -0.3 is 9.84 Å². The SMILES string of the molecule is Clc1cnc(NCCc2ncno2)s1. The highest BCUT2D eigenvalue weighted by Crippen LogP contribution is 2.22. The first kappa shape index (κ1) is 9.42. The summed E-state index contributed by atoms with van der Waals surface area (Å²) in [6.07, 6.45) is 3.67. The summed E-state index contributed by atoms with van der Waals surface area (Å²) in [5, 5.41) is 7.40. The molecule has 0 aliphatic heterocycles. The molecule has 0 aliphatic carbocycles. The zero-order chi connectivity index (χ0) is 9.80. The minimum absolute atomic E-state index is 0.611. The Morgan fingerprint density at radius 1 is 1.50 bits per heavy atom. The molecule has 2 aromatic rings. The molecule has 0 bridgehead atoms. The van der Waals surface area contributed by atoms with E-state index in [1.54, 1.807) is 6.20 Å². The average Bonchev–Trinajstić information content (AvgIpc) is 2.77. The van der Waals surface area contributed by atoms with Crippen molar-refractivity contribution < 1.29 is 4.52 Å². The third-order valence-corrected chi connectivity index (χ3v) is 2.57. The van der Waals surface area contributed by atoms with Gasteiger partial charge in [-0.15, -0.1) is 0 Å². The fourth-order valence-corrected chi connectivity index (χ4v) is 1.76. The summed E-state index contributed by atoms with van der Waals surface area (Å²) in [4.78, 5) is 7.94. The second-order valence-corrected chi connectivity index (χ2v) is 4.14. The first-order chi connectivity index (χ1) is 6.84. The van der Waals surface area contributed by atoms with Crippen molar-refractivity contribution in [1.82, 2.24) is 15.1 Å². The predicted octanol–water partition coefficient (Wildman–Crippen LogP) is 1.83. The number of aromatic nitrogens is 3. The Hall–Kier alpha value is -1.14. The molecule has 2 aromatic heterocycles. The van der Waals surface area contributed by atoms with Gasteiger partial charge in [-0.25, -0.2) is 4.98 Å². The molecule has 0 spiro atoms. The number of hydrogen-bond acceptors (Lipinski definition) is 6. The Kier molecular flexibility index (Phi) is 2.95. The van der Waals surface area contributed by atoms with Crippen LogP contribution in [0.2, 0.25) is 4.34 Å². The topological polar surface area (TPSA) is 63.8 Å². The third kappa shape index (κ3) is 2.43. The summed E-state index contributed by atoms with van der Waals surface area (Å²) in [7, 11) is 0. The summed E-state index contributed by atoms with van der Waals surface area (Å²) >= 11 is 7.12. The maximum absolute atomic E-state index is 5.71. The van der Waals surface area contributed by atoms with Crippen LogP contribution in [0.25, 0.3) is 0 Å². The molecule has 7 heteroatoms. The lowest BCUT2D eigenvalue weighted by molar-refractivity contribution is 0.380. The van der Waals surface area contributed by atoms with Crippen LogP contribution in [0.4, 0.5) is 5.13 Å². The van der Waals surface area contributed by atoms with Crippen molar-refractivity contribution in [3.63, 3.8) is 0 Å². The Labute approximate surface area is 89.1 Å². The minimum Gasteiger partial charge on any atom is -0.361 e. The van der Waals surface area contributed by atoms with E-state index in [-0.39, 0.29) is 0 Å². The van der Waals surface area contributed by atoms with Gasteiger partial charge in [-0.1, -0.05) is 28.1 Å². The summed E-state index contributed by atoms with van der Waals surface area (Å²) in [5.41, 5.74) is 0. The van der Waals surface area contributed by atoms with Crippen LogP contribution in [0.5, 0.6) is 0 Å². The number of anilines is 1. The van der Waals surface area contributed by atoms with Gasteiger partial charge in [-0.2, -0.15) is 4.98 Å². The van der Waals surface area contributed by atoms with E-state index in [9.17, 15) is 0 Å². The van der Waals surface area contributed by atoms with Crippen molar-refractivity contribution in [3.05, 3.63) is 22.8 Å². The predicted molar refractivity (Wildman–Crippen MR) is 53.6 cm³/mol. The molecule has 0 atom stereocenters. The number of nitrogens with one attached hydrogen (secondary N) is 1. The van der Waals surface area contributed by atoms with E-state index in [1.807, 2.05) is 0 Å². The quantitative estimate of drug-likeness (QED) is 0.868. The van der Waals surface area contributed by atoms with Gasteiger partial charge >= 0.3 is 0 Å². The average molecular weight is 231 g/mol. The molecule has 1 N–H and O–H groups in total. The molecule has 0 saturated carbocycles. The van der Waals surface area contributed by atoms with Gasteiger partial charge in [0.2, 0.25) is 5.89 Å². The van der Waals surface area contributed by atoms with Crippen LogP contribution in [0.3, 0.4) is 0 Å². The Bertz CT molecular complexity index is 388. The molecule has 14 heavy (non-hydrogen) atoms. The van der Waals surface area contributed by atoms with Gasteiger partial charge in [0.25, 0.3) is 0 Å². The summed E-state index contributed by atoms with van der Waals surface area (Å²) < 4.78 is 5.50. The first-order valence-electron chi connectivity index (χ1n) is 3.95. The molecule has 2 heterocycles. The van der Waals surface area contributed by atoms with Gasteiger partial charge in [-0.05, 0) is 0 Å². The van der Waals surface area contributed by atoms with Crippen molar-refractivity contribution in [1.29, 1.82) is 0 Å². The molecule has 0 saturated heterocycles. The van der Waals surface area contributed by atoms with Crippen LogP contribution in [0.15, 0.2) is 17.0 Å². The molecule has 74 valence electrons. The molecule has 0 radical (unpaired) electrons. The smallest absolute Gasteiger partial charge is 0.228 e. The monoisotopic (exact) mass is 230 g/mol. The fraction of sp³-hybridized carbons (Fsp3) is 0.286. The number of halogens is 1. The first-order valence-corrected chi connectivity index (χ1v) is 5.15. The lowest BCUT2D eigenvalue weighted by atomic mass is 10.4. The van der Waals surface area contributed by atoms with E-state index in [4.69, 9.17) is 16.1 Å². The van der Waals surface area contributed by atoms with Gasteiger partial charge in [0.1, 0.15) is 4.34 Å². The van der Waals surface area contributed by atoms with Crippen LogP contribution < -0.4 is 5.32 Å². The van der Waals surface area contributed by atoms with Crippen molar-refractivity contribution in [3.8, 4) is 0 Å². The zero-order valence-electron chi connectivity index (χ0n) is 7.11. The number of nitrogens with zero attached hydrogens (tertiary/aromatic N) is 3. The van der Waals surface area contributed by atoms with E-state index < -0.39 is 0 Å². The van der Waals surface area contributed by atoms with Gasteiger partial charge in [0.15, 0.2) is 11.5 Å². The number of thiazole rings is 1. The van der Waals surface area contributed by atoms with Crippen molar-refractivity contribution in [2.24, 2.45) is 0 Å². The highest BCUT2D eigenvalue weighted by Gasteiger charge is 2.01. The van der Waals surface area contributed by atoms with Gasteiger partial charge in [0.05, 0.1) is 6.20 Å². The molecular formula is C7H7ClN4OS. The fourth-order valence-electron chi connectivity index (χ4n) is 0.919. The molecule has 0 aromatic carbocycles. The number of hydrogen-bond donors (Lipinski definition) is 1. The number of rotatable bonds is 4. The van der Waals surface area contributed by atoms with Gasteiger partial charge in [0, 0.05) is 13.0 Å². The molecule has 0 unspecified atom stereocenters. The highest BCUT2D eigenvalue weighted by molar-refractivity contribution is 7.19. The normalized spacial score (nSPS) is 10.4. The Balaban J connectivity index is 1.78. The van der Waals surface area contributed by atoms with Gasteiger partial charge in [-0.3, -0.25) is 0 Å². The summed E-state index contributed by atoms with van der Waals surface area (Å²) in [6, 6.07) is 0. The van der Waals surface area contributed by atoms with E-state index >= 15 is 0 Å². The highest BCUT2D eigenvalue weighted by atomic mass is 35.5. The Morgan fingerprint density at radius 3 is 3.07 bits per heavy atom. The zero-order valence-corrected chi connectivity index (χ0v) is 8.68. The standard InChI is InChI=1S/C7H7ClN4OS/c8-5-3-10-7(14-5)9-2-1-6-11-4-12-13-6/h3-4H,1-2H2,(H,9,10). The van der Waals surface area contributed by atoms with Crippen LogP contribution in [0.1, 0.15) is 5.89 Å².